The number of halogens is 1. The van der Waals surface area contributed by atoms with Gasteiger partial charge in [-0.15, -0.1) is 0 Å². The smallest absolute Gasteiger partial charge is 0.232 e. The molecule has 0 aromatic heterocycles. The third kappa shape index (κ3) is 3.70. The van der Waals surface area contributed by atoms with E-state index < -0.39 is 5.92 Å². The number of benzene rings is 3. The van der Waals surface area contributed by atoms with Crippen LogP contribution >= 0.6 is 0 Å². The van der Waals surface area contributed by atoms with Crippen LogP contribution in [0.3, 0.4) is 0 Å². The second kappa shape index (κ2) is 8.16. The van der Waals surface area contributed by atoms with E-state index in [1.807, 2.05) is 60.7 Å². The van der Waals surface area contributed by atoms with Gasteiger partial charge in [0.25, 0.3) is 0 Å². The molecule has 2 heterocycles. The van der Waals surface area contributed by atoms with Gasteiger partial charge in [0.1, 0.15) is 17.3 Å². The molecule has 1 fully saturated rings. The van der Waals surface area contributed by atoms with E-state index in [1.54, 1.807) is 0 Å². The number of amides is 1. The molecule has 158 valence electrons. The number of ether oxygens (including phenoxy) is 2. The van der Waals surface area contributed by atoms with Gasteiger partial charge in [0.2, 0.25) is 5.91 Å². The number of carbonyl (C=O) groups is 1. The summed E-state index contributed by atoms with van der Waals surface area (Å²) < 4.78 is 25.1. The van der Waals surface area contributed by atoms with E-state index in [4.69, 9.17) is 9.47 Å². The summed E-state index contributed by atoms with van der Waals surface area (Å²) in [5.41, 5.74) is 2.49. The first-order valence-electron chi connectivity index (χ1n) is 10.6. The highest BCUT2D eigenvalue weighted by Crippen LogP contribution is 2.44. The first kappa shape index (κ1) is 19.8. The van der Waals surface area contributed by atoms with Gasteiger partial charge < -0.3 is 14.8 Å². The minimum Gasteiger partial charge on any atom is -0.457 e. The van der Waals surface area contributed by atoms with E-state index in [-0.39, 0.29) is 17.1 Å². The van der Waals surface area contributed by atoms with Crippen molar-refractivity contribution in [2.24, 2.45) is 0 Å². The van der Waals surface area contributed by atoms with E-state index in [0.717, 1.165) is 29.5 Å². The zero-order chi connectivity index (χ0) is 21.3. The third-order valence-electron chi connectivity index (χ3n) is 6.45. The van der Waals surface area contributed by atoms with E-state index in [2.05, 4.69) is 5.32 Å². The first-order valence-corrected chi connectivity index (χ1v) is 10.6. The van der Waals surface area contributed by atoms with Gasteiger partial charge in [0.05, 0.1) is 5.92 Å². The van der Waals surface area contributed by atoms with Crippen LogP contribution in [0.2, 0.25) is 0 Å². The second-order valence-corrected chi connectivity index (χ2v) is 8.23. The van der Waals surface area contributed by atoms with Crippen LogP contribution in [0.15, 0.2) is 72.8 Å². The highest BCUT2D eigenvalue weighted by molar-refractivity contribution is 5.89. The molecule has 1 saturated heterocycles. The average Bonchev–Trinajstić information content (AvgIpc) is 2.82. The van der Waals surface area contributed by atoms with Crippen molar-refractivity contribution in [1.82, 2.24) is 5.32 Å². The van der Waals surface area contributed by atoms with Gasteiger partial charge in [0.15, 0.2) is 0 Å². The van der Waals surface area contributed by atoms with Gasteiger partial charge in [-0.3, -0.25) is 4.79 Å². The first-order chi connectivity index (χ1) is 15.2. The minimum absolute atomic E-state index is 0.0591. The molecule has 2 aliphatic heterocycles. The summed E-state index contributed by atoms with van der Waals surface area (Å²) in [6.07, 6.45) is 1.56. The highest BCUT2D eigenvalue weighted by atomic mass is 19.1. The highest BCUT2D eigenvalue weighted by Gasteiger charge is 2.37. The Morgan fingerprint density at radius 1 is 0.903 bits per heavy atom. The maximum atomic E-state index is 13.5. The molecule has 0 radical (unpaired) electrons. The second-order valence-electron chi connectivity index (χ2n) is 8.23. The monoisotopic (exact) mass is 417 g/mol. The van der Waals surface area contributed by atoms with Crippen LogP contribution in [0.4, 0.5) is 4.39 Å². The number of nitrogens with one attached hydrogen (secondary N) is 1. The van der Waals surface area contributed by atoms with Gasteiger partial charge in [0, 0.05) is 36.3 Å². The predicted octanol–water partition coefficient (Wildman–Crippen LogP) is 4.93. The maximum Gasteiger partial charge on any atom is 0.232 e. The molecule has 1 N–H and O–H groups in total. The van der Waals surface area contributed by atoms with Crippen LogP contribution < -0.4 is 10.1 Å². The lowest BCUT2D eigenvalue weighted by molar-refractivity contribution is -0.122. The van der Waals surface area contributed by atoms with Crippen LogP contribution in [0.25, 0.3) is 0 Å². The molecule has 3 aromatic carbocycles. The summed E-state index contributed by atoms with van der Waals surface area (Å²) in [6, 6.07) is 22.0. The number of hydrogen-bond donors (Lipinski definition) is 1. The van der Waals surface area contributed by atoms with Crippen molar-refractivity contribution >= 4 is 5.91 Å². The normalized spacial score (nSPS) is 17.2. The zero-order valence-electron chi connectivity index (χ0n) is 17.1. The number of rotatable bonds is 4. The van der Waals surface area contributed by atoms with Crippen LogP contribution in [0.5, 0.6) is 11.5 Å². The zero-order valence-corrected chi connectivity index (χ0v) is 17.1. The number of para-hydroxylation sites is 2. The van der Waals surface area contributed by atoms with Crippen LogP contribution in [-0.2, 0) is 14.9 Å². The molecule has 0 bridgehead atoms. The molecule has 31 heavy (non-hydrogen) atoms. The quantitative estimate of drug-likeness (QED) is 0.655. The lowest BCUT2D eigenvalue weighted by Gasteiger charge is -2.38. The van der Waals surface area contributed by atoms with E-state index in [0.29, 0.717) is 31.3 Å². The van der Waals surface area contributed by atoms with Crippen molar-refractivity contribution in [2.75, 3.05) is 19.8 Å². The van der Waals surface area contributed by atoms with E-state index in [1.165, 1.54) is 12.1 Å². The fraction of sp³-hybridized carbons (Fsp3) is 0.269. The Morgan fingerprint density at radius 2 is 1.48 bits per heavy atom. The van der Waals surface area contributed by atoms with Crippen molar-refractivity contribution in [1.29, 1.82) is 0 Å². The Bertz CT molecular complexity index is 1040. The third-order valence-corrected chi connectivity index (χ3v) is 6.45. The Hall–Kier alpha value is -3.18. The lowest BCUT2D eigenvalue weighted by Crippen LogP contribution is -2.46. The fourth-order valence-corrected chi connectivity index (χ4v) is 4.68. The van der Waals surface area contributed by atoms with Crippen molar-refractivity contribution in [3.63, 3.8) is 0 Å². The molecule has 0 spiro atoms. The molecule has 0 atom stereocenters. The van der Waals surface area contributed by atoms with Gasteiger partial charge >= 0.3 is 0 Å². The number of carbonyl (C=O) groups excluding carboxylic acids is 1. The molecule has 5 rings (SSSR count). The average molecular weight is 417 g/mol. The molecule has 0 saturated carbocycles. The van der Waals surface area contributed by atoms with Crippen LogP contribution in [-0.4, -0.2) is 25.7 Å². The lowest BCUT2D eigenvalue weighted by atomic mass is 9.74. The molecular weight excluding hydrogens is 393 g/mol. The van der Waals surface area contributed by atoms with Crippen LogP contribution in [0.1, 0.15) is 35.4 Å². The van der Waals surface area contributed by atoms with Gasteiger partial charge in [-0.25, -0.2) is 4.39 Å². The summed E-state index contributed by atoms with van der Waals surface area (Å²) in [6.45, 7) is 1.72. The van der Waals surface area contributed by atoms with Crippen molar-refractivity contribution < 1.29 is 18.7 Å². The predicted molar refractivity (Wildman–Crippen MR) is 116 cm³/mol. The minimum atomic E-state index is -0.439. The molecular formula is C26H24FNO3. The standard InChI is InChI=1S/C26H24FNO3/c27-19-11-9-18(10-12-19)26(13-15-30-16-14-26)17-28-25(29)24-20-5-1-3-7-22(20)31-23-8-4-2-6-21(23)24/h1-12,24H,13-17H2,(H,28,29). The van der Waals surface area contributed by atoms with Crippen LogP contribution in [0, 0.1) is 5.82 Å². The van der Waals surface area contributed by atoms with Crippen molar-refractivity contribution in [2.45, 2.75) is 24.2 Å². The van der Waals surface area contributed by atoms with Gasteiger partial charge in [-0.2, -0.15) is 0 Å². The molecule has 1 amide bonds. The van der Waals surface area contributed by atoms with Gasteiger partial charge in [-0.05, 0) is 42.7 Å². The summed E-state index contributed by atoms with van der Waals surface area (Å²) in [4.78, 5) is 13.5. The van der Waals surface area contributed by atoms with Gasteiger partial charge in [-0.1, -0.05) is 48.5 Å². The summed E-state index contributed by atoms with van der Waals surface area (Å²) in [5, 5.41) is 3.21. The maximum absolute atomic E-state index is 13.5. The fourth-order valence-electron chi connectivity index (χ4n) is 4.68. The molecule has 5 heteroatoms. The Morgan fingerprint density at radius 3 is 2.10 bits per heavy atom. The molecule has 0 unspecified atom stereocenters. The number of hydrogen-bond acceptors (Lipinski definition) is 3. The SMILES string of the molecule is O=C(NCC1(c2ccc(F)cc2)CCOCC1)C1c2ccccc2Oc2ccccc21. The molecule has 3 aromatic rings. The Labute approximate surface area is 181 Å². The number of fused-ring (bicyclic) bond motifs is 2. The topological polar surface area (TPSA) is 47.6 Å². The molecule has 4 nitrogen and oxygen atoms in total. The van der Waals surface area contributed by atoms with E-state index in [9.17, 15) is 9.18 Å². The van der Waals surface area contributed by atoms with E-state index >= 15 is 0 Å². The summed E-state index contributed by atoms with van der Waals surface area (Å²) >= 11 is 0. The summed E-state index contributed by atoms with van der Waals surface area (Å²) in [7, 11) is 0. The Balaban J connectivity index is 1.44. The van der Waals surface area contributed by atoms with Crippen molar-refractivity contribution in [3.05, 3.63) is 95.3 Å². The Kier molecular flexibility index (Phi) is 5.20. The largest absolute Gasteiger partial charge is 0.457 e. The summed E-state index contributed by atoms with van der Waals surface area (Å²) in [5.74, 6) is 0.661. The van der Waals surface area contributed by atoms with Crippen molar-refractivity contribution in [3.8, 4) is 11.5 Å². The molecule has 2 aliphatic rings. The molecule has 0 aliphatic carbocycles.